The zero-order chi connectivity index (χ0) is 12.7. The summed E-state index contributed by atoms with van der Waals surface area (Å²) in [6.07, 6.45) is 1.08. The lowest BCUT2D eigenvalue weighted by atomic mass is 10.1. The topological polar surface area (TPSA) is 47.3 Å². The molecule has 0 saturated carbocycles. The van der Waals surface area contributed by atoms with Gasteiger partial charge in [0.25, 0.3) is 0 Å². The summed E-state index contributed by atoms with van der Waals surface area (Å²) in [5, 5.41) is 17.8. The van der Waals surface area contributed by atoms with Gasteiger partial charge in [0, 0.05) is 13.1 Å². The minimum atomic E-state index is 0.190. The third-order valence-corrected chi connectivity index (χ3v) is 2.82. The zero-order valence-electron chi connectivity index (χ0n) is 10.6. The molecule has 3 heteroatoms. The van der Waals surface area contributed by atoms with Crippen molar-refractivity contribution in [3.05, 3.63) is 34.9 Å². The molecule has 0 heterocycles. The molecule has 0 aromatic heterocycles. The van der Waals surface area contributed by atoms with Crippen LogP contribution < -0.4 is 0 Å². The summed E-state index contributed by atoms with van der Waals surface area (Å²) < 4.78 is 0. The first kappa shape index (κ1) is 13.7. The average molecular weight is 232 g/mol. The first-order valence-electron chi connectivity index (χ1n) is 6.04. The van der Waals surface area contributed by atoms with Gasteiger partial charge in [0.2, 0.25) is 0 Å². The Labute approximate surface area is 103 Å². The third kappa shape index (κ3) is 4.18. The van der Waals surface area contributed by atoms with Crippen LogP contribution in [0.3, 0.4) is 0 Å². The van der Waals surface area contributed by atoms with Crippen molar-refractivity contribution in [3.63, 3.8) is 0 Å². The van der Waals surface area contributed by atoms with Gasteiger partial charge < -0.3 is 5.11 Å². The normalized spacial score (nSPS) is 10.5. The standard InChI is InChI=1S/C14H20N2O/c1-3-6-16(7-8-17)11-14-5-4-13(10-15)9-12(14)2/h4-5,9,17H,3,6-8,11H2,1-2H3. The van der Waals surface area contributed by atoms with E-state index in [2.05, 4.69) is 17.9 Å². The number of rotatable bonds is 6. The Morgan fingerprint density at radius 1 is 1.35 bits per heavy atom. The number of hydrogen-bond donors (Lipinski definition) is 1. The van der Waals surface area contributed by atoms with Crippen molar-refractivity contribution >= 4 is 0 Å². The average Bonchev–Trinajstić information content (AvgIpc) is 2.32. The van der Waals surface area contributed by atoms with Gasteiger partial charge in [-0.25, -0.2) is 0 Å². The molecule has 1 rings (SSSR count). The Morgan fingerprint density at radius 3 is 2.65 bits per heavy atom. The van der Waals surface area contributed by atoms with E-state index in [1.807, 2.05) is 25.1 Å². The molecule has 0 aliphatic rings. The number of aryl methyl sites for hydroxylation is 1. The third-order valence-electron chi connectivity index (χ3n) is 2.82. The Bertz CT molecular complexity index is 390. The number of hydrogen-bond acceptors (Lipinski definition) is 3. The first-order chi connectivity index (χ1) is 8.21. The van der Waals surface area contributed by atoms with Crippen molar-refractivity contribution in [2.45, 2.75) is 26.8 Å². The maximum atomic E-state index is 9.01. The molecule has 0 aliphatic heterocycles. The van der Waals surface area contributed by atoms with E-state index < -0.39 is 0 Å². The van der Waals surface area contributed by atoms with Crippen LogP contribution >= 0.6 is 0 Å². The molecule has 92 valence electrons. The smallest absolute Gasteiger partial charge is 0.0991 e. The van der Waals surface area contributed by atoms with E-state index in [-0.39, 0.29) is 6.61 Å². The van der Waals surface area contributed by atoms with Crippen molar-refractivity contribution in [2.75, 3.05) is 19.7 Å². The van der Waals surface area contributed by atoms with E-state index in [4.69, 9.17) is 10.4 Å². The highest BCUT2D eigenvalue weighted by molar-refractivity contribution is 5.37. The molecule has 0 atom stereocenters. The maximum absolute atomic E-state index is 9.01. The van der Waals surface area contributed by atoms with Crippen LogP contribution in [0, 0.1) is 18.3 Å². The van der Waals surface area contributed by atoms with Crippen LogP contribution in [0.5, 0.6) is 0 Å². The molecule has 0 radical (unpaired) electrons. The molecule has 1 aromatic rings. The van der Waals surface area contributed by atoms with E-state index in [0.29, 0.717) is 12.1 Å². The highest BCUT2D eigenvalue weighted by Gasteiger charge is 2.06. The predicted octanol–water partition coefficient (Wildman–Crippen LogP) is 2.07. The molecule has 0 bridgehead atoms. The molecule has 0 aliphatic carbocycles. The van der Waals surface area contributed by atoms with Crippen LogP contribution in [0.25, 0.3) is 0 Å². The molecule has 1 N–H and O–H groups in total. The van der Waals surface area contributed by atoms with Gasteiger partial charge in [-0.2, -0.15) is 5.26 Å². The quantitative estimate of drug-likeness (QED) is 0.816. The summed E-state index contributed by atoms with van der Waals surface area (Å²) >= 11 is 0. The van der Waals surface area contributed by atoms with Gasteiger partial charge in [0.05, 0.1) is 18.2 Å². The first-order valence-corrected chi connectivity index (χ1v) is 6.04. The fourth-order valence-corrected chi connectivity index (χ4v) is 1.91. The van der Waals surface area contributed by atoms with Crippen LogP contribution in [0.1, 0.15) is 30.0 Å². The minimum Gasteiger partial charge on any atom is -0.395 e. The van der Waals surface area contributed by atoms with Gasteiger partial charge in [0.15, 0.2) is 0 Å². The minimum absolute atomic E-state index is 0.190. The van der Waals surface area contributed by atoms with Gasteiger partial charge in [0.1, 0.15) is 0 Å². The van der Waals surface area contributed by atoms with Crippen LogP contribution in [-0.4, -0.2) is 29.7 Å². The lowest BCUT2D eigenvalue weighted by molar-refractivity contribution is 0.190. The zero-order valence-corrected chi connectivity index (χ0v) is 10.6. The lowest BCUT2D eigenvalue weighted by Crippen LogP contribution is -2.27. The predicted molar refractivity (Wildman–Crippen MR) is 68.5 cm³/mol. The van der Waals surface area contributed by atoms with E-state index in [9.17, 15) is 0 Å². The Morgan fingerprint density at radius 2 is 2.12 bits per heavy atom. The van der Waals surface area contributed by atoms with Crippen molar-refractivity contribution in [2.24, 2.45) is 0 Å². The van der Waals surface area contributed by atoms with Crippen LogP contribution in [0.2, 0.25) is 0 Å². The molecule has 1 aromatic carbocycles. The summed E-state index contributed by atoms with van der Waals surface area (Å²) in [5.74, 6) is 0. The van der Waals surface area contributed by atoms with E-state index >= 15 is 0 Å². The fourth-order valence-electron chi connectivity index (χ4n) is 1.91. The van der Waals surface area contributed by atoms with E-state index in [1.54, 1.807) is 0 Å². The molecule has 17 heavy (non-hydrogen) atoms. The Kier molecular flexibility index (Phi) is 5.68. The number of benzene rings is 1. The molecular formula is C14H20N2O. The lowest BCUT2D eigenvalue weighted by Gasteiger charge is -2.21. The second-order valence-electron chi connectivity index (χ2n) is 4.25. The van der Waals surface area contributed by atoms with Gasteiger partial charge in [-0.05, 0) is 43.1 Å². The highest BCUT2D eigenvalue weighted by atomic mass is 16.3. The summed E-state index contributed by atoms with van der Waals surface area (Å²) in [4.78, 5) is 2.23. The molecule has 0 saturated heterocycles. The molecule has 0 unspecified atom stereocenters. The fraction of sp³-hybridized carbons (Fsp3) is 0.500. The number of nitrogens with zero attached hydrogens (tertiary/aromatic N) is 2. The molecule has 0 amide bonds. The second-order valence-corrected chi connectivity index (χ2v) is 4.25. The summed E-state index contributed by atoms with van der Waals surface area (Å²) in [5.41, 5.74) is 3.07. The van der Waals surface area contributed by atoms with Gasteiger partial charge >= 0.3 is 0 Å². The largest absolute Gasteiger partial charge is 0.395 e. The second kappa shape index (κ2) is 7.05. The summed E-state index contributed by atoms with van der Waals surface area (Å²) in [7, 11) is 0. The van der Waals surface area contributed by atoms with Gasteiger partial charge in [-0.3, -0.25) is 4.90 Å². The van der Waals surface area contributed by atoms with Crippen molar-refractivity contribution < 1.29 is 5.11 Å². The molecule has 3 nitrogen and oxygen atoms in total. The van der Waals surface area contributed by atoms with Crippen molar-refractivity contribution in [1.29, 1.82) is 5.26 Å². The van der Waals surface area contributed by atoms with E-state index in [1.165, 1.54) is 5.56 Å². The monoisotopic (exact) mass is 232 g/mol. The molecule has 0 spiro atoms. The van der Waals surface area contributed by atoms with Gasteiger partial charge in [-0.15, -0.1) is 0 Å². The van der Waals surface area contributed by atoms with Crippen LogP contribution in [-0.2, 0) is 6.54 Å². The Balaban J connectivity index is 2.75. The van der Waals surface area contributed by atoms with Crippen molar-refractivity contribution in [3.8, 4) is 6.07 Å². The number of nitriles is 1. The SMILES string of the molecule is CCCN(CCO)Cc1ccc(C#N)cc1C. The van der Waals surface area contributed by atoms with E-state index in [0.717, 1.165) is 25.1 Å². The molecular weight excluding hydrogens is 212 g/mol. The number of aliphatic hydroxyl groups is 1. The molecule has 0 fully saturated rings. The van der Waals surface area contributed by atoms with Crippen LogP contribution in [0.15, 0.2) is 18.2 Å². The van der Waals surface area contributed by atoms with Crippen molar-refractivity contribution in [1.82, 2.24) is 4.90 Å². The Hall–Kier alpha value is -1.37. The summed E-state index contributed by atoms with van der Waals surface area (Å²) in [6.45, 7) is 6.88. The van der Waals surface area contributed by atoms with Crippen LogP contribution in [0.4, 0.5) is 0 Å². The maximum Gasteiger partial charge on any atom is 0.0991 e. The van der Waals surface area contributed by atoms with Gasteiger partial charge in [-0.1, -0.05) is 13.0 Å². The highest BCUT2D eigenvalue weighted by Crippen LogP contribution is 2.13. The summed E-state index contributed by atoms with van der Waals surface area (Å²) in [6, 6.07) is 7.92. The number of aliphatic hydroxyl groups excluding tert-OH is 1.